The Kier molecular flexibility index (Phi) is 6.08. The first-order valence-electron chi connectivity index (χ1n) is 10.5. The van der Waals surface area contributed by atoms with Crippen molar-refractivity contribution in [3.63, 3.8) is 0 Å². The second kappa shape index (κ2) is 8.93. The first-order chi connectivity index (χ1) is 15.0. The SMILES string of the molecule is COCCC(=O)Nc1ccc2n(c1=O)CC1CC2CN(C(=O)c2ccc(OC)cc2)C1. The molecule has 2 bridgehead atoms. The topological polar surface area (TPSA) is 89.9 Å². The number of nitrogens with zero attached hydrogens (tertiary/aromatic N) is 2. The Morgan fingerprint density at radius 2 is 1.84 bits per heavy atom. The first kappa shape index (κ1) is 21.1. The van der Waals surface area contributed by atoms with Crippen molar-refractivity contribution in [1.29, 1.82) is 0 Å². The van der Waals surface area contributed by atoms with E-state index in [1.54, 1.807) is 42.0 Å². The molecule has 0 radical (unpaired) electrons. The van der Waals surface area contributed by atoms with Crippen molar-refractivity contribution in [1.82, 2.24) is 9.47 Å². The lowest BCUT2D eigenvalue weighted by atomic mass is 9.83. The zero-order valence-electron chi connectivity index (χ0n) is 17.8. The molecule has 31 heavy (non-hydrogen) atoms. The summed E-state index contributed by atoms with van der Waals surface area (Å²) < 4.78 is 11.8. The Morgan fingerprint density at radius 1 is 1.06 bits per heavy atom. The predicted octanol–water partition coefficient (Wildman–Crippen LogP) is 2.09. The monoisotopic (exact) mass is 425 g/mol. The van der Waals surface area contributed by atoms with Crippen molar-refractivity contribution in [3.05, 3.63) is 58.0 Å². The van der Waals surface area contributed by atoms with Crippen LogP contribution in [0.2, 0.25) is 0 Å². The number of amides is 2. The van der Waals surface area contributed by atoms with Crippen LogP contribution in [0.1, 0.15) is 34.8 Å². The van der Waals surface area contributed by atoms with E-state index in [9.17, 15) is 14.4 Å². The van der Waals surface area contributed by atoms with Crippen molar-refractivity contribution in [3.8, 4) is 5.75 Å². The van der Waals surface area contributed by atoms with Crippen LogP contribution in [0.15, 0.2) is 41.2 Å². The Balaban J connectivity index is 1.52. The molecule has 1 N–H and O–H groups in total. The molecule has 1 aromatic heterocycles. The van der Waals surface area contributed by atoms with Gasteiger partial charge in [-0.25, -0.2) is 0 Å². The van der Waals surface area contributed by atoms with Gasteiger partial charge in [0.15, 0.2) is 0 Å². The van der Waals surface area contributed by atoms with Crippen LogP contribution in [0.4, 0.5) is 5.69 Å². The molecular weight excluding hydrogens is 398 g/mol. The molecule has 8 nitrogen and oxygen atoms in total. The third kappa shape index (κ3) is 4.34. The minimum Gasteiger partial charge on any atom is -0.497 e. The van der Waals surface area contributed by atoms with Gasteiger partial charge in [-0.2, -0.15) is 0 Å². The molecule has 0 aliphatic carbocycles. The number of carbonyl (C=O) groups excluding carboxylic acids is 2. The van der Waals surface area contributed by atoms with Crippen molar-refractivity contribution in [2.75, 3.05) is 39.2 Å². The molecule has 2 atom stereocenters. The maximum Gasteiger partial charge on any atom is 0.274 e. The van der Waals surface area contributed by atoms with E-state index in [0.717, 1.165) is 12.1 Å². The number of methoxy groups -OCH3 is 2. The molecule has 8 heteroatoms. The maximum atomic E-state index is 13.0. The van der Waals surface area contributed by atoms with Crippen molar-refractivity contribution >= 4 is 17.5 Å². The van der Waals surface area contributed by atoms with Gasteiger partial charge in [0, 0.05) is 43.9 Å². The van der Waals surface area contributed by atoms with Gasteiger partial charge in [-0.05, 0) is 48.7 Å². The summed E-state index contributed by atoms with van der Waals surface area (Å²) in [4.78, 5) is 39.9. The van der Waals surface area contributed by atoms with Crippen LogP contribution < -0.4 is 15.6 Å². The van der Waals surface area contributed by atoms with E-state index in [1.165, 1.54) is 7.11 Å². The minimum atomic E-state index is -0.244. The number of anilines is 1. The number of nitrogens with one attached hydrogen (secondary N) is 1. The highest BCUT2D eigenvalue weighted by Gasteiger charge is 2.37. The Hall–Kier alpha value is -3.13. The highest BCUT2D eigenvalue weighted by atomic mass is 16.5. The molecule has 0 spiro atoms. The number of rotatable bonds is 6. The lowest BCUT2D eigenvalue weighted by molar-refractivity contribution is -0.117. The van der Waals surface area contributed by atoms with Gasteiger partial charge in [0.1, 0.15) is 11.4 Å². The predicted molar refractivity (Wildman–Crippen MR) is 116 cm³/mol. The van der Waals surface area contributed by atoms with Gasteiger partial charge in [-0.1, -0.05) is 0 Å². The van der Waals surface area contributed by atoms with E-state index in [4.69, 9.17) is 9.47 Å². The highest BCUT2D eigenvalue weighted by molar-refractivity contribution is 5.94. The van der Waals surface area contributed by atoms with Gasteiger partial charge in [-0.3, -0.25) is 14.4 Å². The molecule has 3 heterocycles. The second-order valence-corrected chi connectivity index (χ2v) is 8.12. The average molecular weight is 425 g/mol. The van der Waals surface area contributed by atoms with Crippen LogP contribution in [0.3, 0.4) is 0 Å². The number of piperidine rings is 1. The van der Waals surface area contributed by atoms with Crippen molar-refractivity contribution in [2.45, 2.75) is 25.3 Å². The lowest BCUT2D eigenvalue weighted by Gasteiger charge is -2.43. The molecule has 2 unspecified atom stereocenters. The number of carbonyl (C=O) groups is 2. The summed E-state index contributed by atoms with van der Waals surface area (Å²) in [6, 6.07) is 10.7. The van der Waals surface area contributed by atoms with Gasteiger partial charge in [0.05, 0.1) is 20.1 Å². The van der Waals surface area contributed by atoms with Crippen LogP contribution in [-0.4, -0.2) is 55.2 Å². The fraction of sp³-hybridized carbons (Fsp3) is 0.435. The number of fused-ring (bicyclic) bond motifs is 4. The van der Waals surface area contributed by atoms with Gasteiger partial charge >= 0.3 is 0 Å². The quantitative estimate of drug-likeness (QED) is 0.766. The van der Waals surface area contributed by atoms with E-state index in [1.807, 2.05) is 11.0 Å². The molecule has 1 saturated heterocycles. The number of pyridine rings is 1. The summed E-state index contributed by atoms with van der Waals surface area (Å²) in [5, 5.41) is 2.69. The molecule has 2 amide bonds. The van der Waals surface area contributed by atoms with Crippen LogP contribution in [0.25, 0.3) is 0 Å². The summed E-state index contributed by atoms with van der Waals surface area (Å²) in [6.45, 7) is 2.02. The number of likely N-dealkylation sites (tertiary alicyclic amines) is 1. The molecule has 2 aliphatic rings. The van der Waals surface area contributed by atoms with E-state index >= 15 is 0 Å². The first-order valence-corrected chi connectivity index (χ1v) is 10.5. The van der Waals surface area contributed by atoms with Crippen molar-refractivity contribution < 1.29 is 19.1 Å². The fourth-order valence-corrected chi connectivity index (χ4v) is 4.53. The van der Waals surface area contributed by atoms with Crippen LogP contribution in [-0.2, 0) is 16.1 Å². The summed E-state index contributed by atoms with van der Waals surface area (Å²) >= 11 is 0. The summed E-state index contributed by atoms with van der Waals surface area (Å²) in [6.07, 6.45) is 1.15. The number of hydrogen-bond acceptors (Lipinski definition) is 5. The molecule has 4 rings (SSSR count). The fourth-order valence-electron chi connectivity index (χ4n) is 4.53. The molecular formula is C23H27N3O5. The summed E-state index contributed by atoms with van der Waals surface area (Å²) in [7, 11) is 3.13. The normalized spacial score (nSPS) is 19.5. The van der Waals surface area contributed by atoms with Crippen molar-refractivity contribution in [2.24, 2.45) is 5.92 Å². The third-order valence-corrected chi connectivity index (χ3v) is 6.04. The largest absolute Gasteiger partial charge is 0.497 e. The number of hydrogen-bond donors (Lipinski definition) is 1. The maximum absolute atomic E-state index is 13.0. The molecule has 2 aliphatic heterocycles. The van der Waals surface area contributed by atoms with Crippen LogP contribution in [0.5, 0.6) is 5.75 Å². The lowest BCUT2D eigenvalue weighted by Crippen LogP contribution is -2.49. The Bertz CT molecular complexity index is 1030. The number of ether oxygens (including phenoxy) is 2. The van der Waals surface area contributed by atoms with Gasteiger partial charge in [0.25, 0.3) is 11.5 Å². The molecule has 164 valence electrons. The van der Waals surface area contributed by atoms with E-state index < -0.39 is 0 Å². The summed E-state index contributed by atoms with van der Waals surface area (Å²) in [5.74, 6) is 0.763. The van der Waals surface area contributed by atoms with Gasteiger partial charge < -0.3 is 24.3 Å². The zero-order chi connectivity index (χ0) is 22.0. The average Bonchev–Trinajstić information content (AvgIpc) is 2.79. The van der Waals surface area contributed by atoms with E-state index in [2.05, 4.69) is 5.32 Å². The third-order valence-electron chi connectivity index (χ3n) is 6.04. The van der Waals surface area contributed by atoms with E-state index in [-0.39, 0.29) is 41.3 Å². The Morgan fingerprint density at radius 3 is 2.55 bits per heavy atom. The standard InChI is InChI=1S/C23H27N3O5/c1-30-10-9-21(27)24-19-7-8-20-17-11-15(13-26(20)23(19)29)12-25(14-17)22(28)16-3-5-18(31-2)6-4-16/h3-8,15,17H,9-14H2,1-2H3,(H,24,27). The minimum absolute atomic E-state index is 0.00447. The number of aromatic nitrogens is 1. The van der Waals surface area contributed by atoms with E-state index in [0.29, 0.717) is 37.6 Å². The molecule has 1 fully saturated rings. The van der Waals surface area contributed by atoms with Crippen LogP contribution in [0, 0.1) is 5.92 Å². The van der Waals surface area contributed by atoms with Crippen LogP contribution >= 0.6 is 0 Å². The summed E-state index contributed by atoms with van der Waals surface area (Å²) in [5.41, 5.74) is 1.65. The Labute approximate surface area is 180 Å². The van der Waals surface area contributed by atoms with Gasteiger partial charge in [0.2, 0.25) is 5.91 Å². The second-order valence-electron chi connectivity index (χ2n) is 8.12. The zero-order valence-corrected chi connectivity index (χ0v) is 17.8. The van der Waals surface area contributed by atoms with Gasteiger partial charge in [-0.15, -0.1) is 0 Å². The molecule has 0 saturated carbocycles. The smallest absolute Gasteiger partial charge is 0.274 e. The molecule has 1 aromatic carbocycles. The molecule has 2 aromatic rings. The number of benzene rings is 1. The highest BCUT2D eigenvalue weighted by Crippen LogP contribution is 2.36.